The van der Waals surface area contributed by atoms with Crippen LogP contribution in [0.1, 0.15) is 34.1 Å². The summed E-state index contributed by atoms with van der Waals surface area (Å²) < 4.78 is 11.1. The molecular formula is C17H28N2O4. The van der Waals surface area contributed by atoms with E-state index in [2.05, 4.69) is 5.32 Å². The lowest BCUT2D eigenvalue weighted by molar-refractivity contribution is 0.186. The normalized spacial score (nSPS) is 10.5. The zero-order chi connectivity index (χ0) is 17.2. The summed E-state index contributed by atoms with van der Waals surface area (Å²) in [7, 11) is 0. The van der Waals surface area contributed by atoms with Gasteiger partial charge in [0.15, 0.2) is 11.5 Å². The Balaban J connectivity index is 2.85. The molecule has 0 saturated carbocycles. The highest BCUT2D eigenvalue weighted by atomic mass is 16.5. The van der Waals surface area contributed by atoms with Crippen molar-refractivity contribution in [2.45, 2.75) is 40.2 Å². The van der Waals surface area contributed by atoms with E-state index in [0.29, 0.717) is 43.4 Å². The van der Waals surface area contributed by atoms with Crippen molar-refractivity contribution < 1.29 is 19.4 Å². The molecule has 0 saturated heterocycles. The third kappa shape index (κ3) is 5.98. The van der Waals surface area contributed by atoms with Gasteiger partial charge < -0.3 is 24.8 Å². The number of carbonyl (C=O) groups is 1. The SMILES string of the molecule is CCOc1ccc(NC(=O)N(CCCO)C(C)C)cc1OCC. The second kappa shape index (κ2) is 9.94. The molecule has 6 heteroatoms. The van der Waals surface area contributed by atoms with Gasteiger partial charge in [-0.2, -0.15) is 0 Å². The first-order valence-corrected chi connectivity index (χ1v) is 8.11. The predicted octanol–water partition coefficient (Wildman–Crippen LogP) is 3.11. The fourth-order valence-electron chi connectivity index (χ4n) is 2.16. The number of aliphatic hydroxyl groups excluding tert-OH is 1. The molecule has 0 aliphatic heterocycles. The largest absolute Gasteiger partial charge is 0.490 e. The molecule has 2 amide bonds. The van der Waals surface area contributed by atoms with Crippen LogP contribution < -0.4 is 14.8 Å². The van der Waals surface area contributed by atoms with E-state index in [1.54, 1.807) is 23.1 Å². The summed E-state index contributed by atoms with van der Waals surface area (Å²) in [4.78, 5) is 14.1. The van der Waals surface area contributed by atoms with Crippen LogP contribution in [-0.4, -0.2) is 48.4 Å². The zero-order valence-corrected chi connectivity index (χ0v) is 14.5. The second-order valence-corrected chi connectivity index (χ2v) is 5.32. The summed E-state index contributed by atoms with van der Waals surface area (Å²) >= 11 is 0. The summed E-state index contributed by atoms with van der Waals surface area (Å²) in [5.41, 5.74) is 0.650. The Morgan fingerprint density at radius 1 is 1.22 bits per heavy atom. The predicted molar refractivity (Wildman–Crippen MR) is 91.3 cm³/mol. The number of urea groups is 1. The van der Waals surface area contributed by atoms with Gasteiger partial charge >= 0.3 is 6.03 Å². The lowest BCUT2D eigenvalue weighted by Crippen LogP contribution is -2.40. The van der Waals surface area contributed by atoms with Crippen molar-refractivity contribution in [2.75, 3.05) is 31.7 Å². The van der Waals surface area contributed by atoms with Crippen LogP contribution >= 0.6 is 0 Å². The van der Waals surface area contributed by atoms with E-state index in [1.165, 1.54) is 0 Å². The number of hydrogen-bond donors (Lipinski definition) is 2. The van der Waals surface area contributed by atoms with E-state index in [-0.39, 0.29) is 18.7 Å². The molecule has 0 spiro atoms. The molecule has 130 valence electrons. The van der Waals surface area contributed by atoms with Crippen LogP contribution in [0.25, 0.3) is 0 Å². The first kappa shape index (κ1) is 19.1. The third-order valence-corrected chi connectivity index (χ3v) is 3.24. The minimum atomic E-state index is -0.194. The maximum atomic E-state index is 12.4. The lowest BCUT2D eigenvalue weighted by atomic mass is 10.2. The standard InChI is InChI=1S/C17H28N2O4/c1-5-22-15-9-8-14(12-16(15)23-6-2)18-17(21)19(13(3)4)10-7-11-20/h8-9,12-13,20H,5-7,10-11H2,1-4H3,(H,18,21). The molecule has 1 aromatic carbocycles. The minimum Gasteiger partial charge on any atom is -0.490 e. The topological polar surface area (TPSA) is 71.0 Å². The summed E-state index contributed by atoms with van der Waals surface area (Å²) in [5.74, 6) is 1.27. The monoisotopic (exact) mass is 324 g/mol. The average molecular weight is 324 g/mol. The molecule has 0 unspecified atom stereocenters. The van der Waals surface area contributed by atoms with E-state index >= 15 is 0 Å². The van der Waals surface area contributed by atoms with Gasteiger partial charge in [0, 0.05) is 30.9 Å². The number of aliphatic hydroxyl groups is 1. The molecule has 23 heavy (non-hydrogen) atoms. The van der Waals surface area contributed by atoms with Crippen molar-refractivity contribution in [3.63, 3.8) is 0 Å². The molecule has 0 radical (unpaired) electrons. The van der Waals surface area contributed by atoms with Crippen LogP contribution in [-0.2, 0) is 0 Å². The maximum Gasteiger partial charge on any atom is 0.322 e. The first-order valence-electron chi connectivity index (χ1n) is 8.11. The number of amides is 2. The fraction of sp³-hybridized carbons (Fsp3) is 0.588. The summed E-state index contributed by atoms with van der Waals surface area (Å²) in [5, 5.41) is 11.8. The van der Waals surface area contributed by atoms with Gasteiger partial charge in [0.05, 0.1) is 13.2 Å². The highest BCUT2D eigenvalue weighted by molar-refractivity contribution is 5.90. The number of ether oxygens (including phenoxy) is 2. The third-order valence-electron chi connectivity index (χ3n) is 3.24. The maximum absolute atomic E-state index is 12.4. The van der Waals surface area contributed by atoms with Crippen LogP contribution in [0.2, 0.25) is 0 Å². The Morgan fingerprint density at radius 2 is 1.87 bits per heavy atom. The molecule has 0 aliphatic carbocycles. The fourth-order valence-corrected chi connectivity index (χ4v) is 2.16. The molecule has 0 aromatic heterocycles. The highest BCUT2D eigenvalue weighted by Crippen LogP contribution is 2.30. The van der Waals surface area contributed by atoms with Gasteiger partial charge in [0.2, 0.25) is 0 Å². The molecule has 0 aliphatic rings. The number of benzene rings is 1. The van der Waals surface area contributed by atoms with Gasteiger partial charge in [0.1, 0.15) is 0 Å². The van der Waals surface area contributed by atoms with E-state index in [0.717, 1.165) is 0 Å². The summed E-state index contributed by atoms with van der Waals surface area (Å²) in [6, 6.07) is 5.19. The van der Waals surface area contributed by atoms with Crippen molar-refractivity contribution >= 4 is 11.7 Å². The number of rotatable bonds is 9. The van der Waals surface area contributed by atoms with E-state index in [9.17, 15) is 4.79 Å². The van der Waals surface area contributed by atoms with Crippen LogP contribution in [0.3, 0.4) is 0 Å². The Kier molecular flexibility index (Phi) is 8.26. The number of nitrogens with zero attached hydrogens (tertiary/aromatic N) is 1. The van der Waals surface area contributed by atoms with E-state index < -0.39 is 0 Å². The molecule has 0 bridgehead atoms. The lowest BCUT2D eigenvalue weighted by Gasteiger charge is -2.27. The molecule has 6 nitrogen and oxygen atoms in total. The van der Waals surface area contributed by atoms with E-state index in [1.807, 2.05) is 27.7 Å². The van der Waals surface area contributed by atoms with Gasteiger partial charge in [0.25, 0.3) is 0 Å². The van der Waals surface area contributed by atoms with Crippen LogP contribution in [0.4, 0.5) is 10.5 Å². The molecule has 1 aromatic rings. The number of anilines is 1. The van der Waals surface area contributed by atoms with Crippen LogP contribution in [0, 0.1) is 0 Å². The van der Waals surface area contributed by atoms with Crippen molar-refractivity contribution in [2.24, 2.45) is 0 Å². The first-order chi connectivity index (χ1) is 11.0. The quantitative estimate of drug-likeness (QED) is 0.732. The van der Waals surface area contributed by atoms with Crippen LogP contribution in [0.15, 0.2) is 18.2 Å². The molecular weight excluding hydrogens is 296 g/mol. The van der Waals surface area contributed by atoms with Gasteiger partial charge in [-0.25, -0.2) is 4.79 Å². The van der Waals surface area contributed by atoms with Crippen molar-refractivity contribution in [1.82, 2.24) is 4.90 Å². The van der Waals surface area contributed by atoms with Crippen molar-refractivity contribution in [3.05, 3.63) is 18.2 Å². The number of hydrogen-bond acceptors (Lipinski definition) is 4. The van der Waals surface area contributed by atoms with E-state index in [4.69, 9.17) is 14.6 Å². The minimum absolute atomic E-state index is 0.0515. The molecule has 0 atom stereocenters. The highest BCUT2D eigenvalue weighted by Gasteiger charge is 2.17. The van der Waals surface area contributed by atoms with Crippen LogP contribution in [0.5, 0.6) is 11.5 Å². The van der Waals surface area contributed by atoms with Gasteiger partial charge in [-0.05, 0) is 46.2 Å². The molecule has 2 N–H and O–H groups in total. The molecule has 1 rings (SSSR count). The van der Waals surface area contributed by atoms with Gasteiger partial charge in [-0.3, -0.25) is 0 Å². The Morgan fingerprint density at radius 3 is 2.43 bits per heavy atom. The molecule has 0 fully saturated rings. The van der Waals surface area contributed by atoms with Gasteiger partial charge in [-0.1, -0.05) is 0 Å². The average Bonchev–Trinajstić information content (AvgIpc) is 2.50. The number of carbonyl (C=O) groups excluding carboxylic acids is 1. The Bertz CT molecular complexity index is 491. The molecule has 0 heterocycles. The Labute approximate surface area is 138 Å². The summed E-state index contributed by atoms with van der Waals surface area (Å²) in [6.45, 7) is 9.34. The van der Waals surface area contributed by atoms with Gasteiger partial charge in [-0.15, -0.1) is 0 Å². The summed E-state index contributed by atoms with van der Waals surface area (Å²) in [6.07, 6.45) is 0.555. The second-order valence-electron chi connectivity index (χ2n) is 5.32. The number of nitrogens with one attached hydrogen (secondary N) is 1. The van der Waals surface area contributed by atoms with Crippen molar-refractivity contribution in [1.29, 1.82) is 0 Å². The smallest absolute Gasteiger partial charge is 0.322 e. The van der Waals surface area contributed by atoms with Crippen molar-refractivity contribution in [3.8, 4) is 11.5 Å². The Hall–Kier alpha value is -1.95. The zero-order valence-electron chi connectivity index (χ0n) is 14.5.